The Morgan fingerprint density at radius 2 is 2.04 bits per heavy atom. The summed E-state index contributed by atoms with van der Waals surface area (Å²) in [4.78, 5) is 8.22. The van der Waals surface area contributed by atoms with Crippen molar-refractivity contribution in [3.63, 3.8) is 0 Å². The van der Waals surface area contributed by atoms with Crippen LogP contribution in [0.15, 0.2) is 35.3 Å². The van der Waals surface area contributed by atoms with Gasteiger partial charge in [0.25, 0.3) is 0 Å². The quantitative estimate of drug-likeness (QED) is 0.319. The van der Waals surface area contributed by atoms with Crippen LogP contribution in [0.3, 0.4) is 0 Å². The number of aromatic amines is 1. The Morgan fingerprint density at radius 1 is 1.25 bits per heavy atom. The van der Waals surface area contributed by atoms with Crippen molar-refractivity contribution < 1.29 is 4.74 Å². The third kappa shape index (κ3) is 6.11. The Bertz CT molecular complexity index is 732. The molecule has 1 aromatic heterocycles. The SMILES string of the molecule is CCNC(=NCc1cc2ccccc2[nH]1)NCC1CCCOC1C(C)(C)C.I. The van der Waals surface area contributed by atoms with Crippen molar-refractivity contribution in [3.8, 4) is 0 Å². The van der Waals surface area contributed by atoms with Gasteiger partial charge in [-0.25, -0.2) is 4.99 Å². The number of halogens is 1. The predicted octanol–water partition coefficient (Wildman–Crippen LogP) is 4.68. The number of para-hydroxylation sites is 1. The molecule has 0 radical (unpaired) electrons. The standard InChI is InChI=1S/C22H34N4O.HI/c1-5-23-21(24-14-17-10-8-12-27-20(17)22(2,3)4)25-15-18-13-16-9-6-7-11-19(16)26-18;/h6-7,9,11,13,17,20,26H,5,8,10,12,14-15H2,1-4H3,(H2,23,24,25);1H. The molecule has 0 amide bonds. The van der Waals surface area contributed by atoms with Crippen LogP contribution < -0.4 is 10.6 Å². The molecule has 28 heavy (non-hydrogen) atoms. The summed E-state index contributed by atoms with van der Waals surface area (Å²) in [6.45, 7) is 12.2. The molecule has 3 N–H and O–H groups in total. The number of nitrogens with zero attached hydrogens (tertiary/aromatic N) is 1. The molecule has 0 spiro atoms. The largest absolute Gasteiger partial charge is 0.377 e. The van der Waals surface area contributed by atoms with Gasteiger partial charge in [-0.3, -0.25) is 0 Å². The van der Waals surface area contributed by atoms with Crippen LogP contribution in [-0.4, -0.2) is 36.7 Å². The summed E-state index contributed by atoms with van der Waals surface area (Å²) in [5.74, 6) is 1.38. The summed E-state index contributed by atoms with van der Waals surface area (Å²) >= 11 is 0. The smallest absolute Gasteiger partial charge is 0.191 e. The molecule has 0 saturated carbocycles. The second-order valence-corrected chi connectivity index (χ2v) is 8.52. The number of nitrogens with one attached hydrogen (secondary N) is 3. The van der Waals surface area contributed by atoms with Gasteiger partial charge in [0, 0.05) is 36.8 Å². The number of aliphatic imine (C=N–C) groups is 1. The lowest BCUT2D eigenvalue weighted by Crippen LogP contribution is -2.47. The molecule has 1 fully saturated rings. The van der Waals surface area contributed by atoms with Crippen molar-refractivity contribution in [2.24, 2.45) is 16.3 Å². The fourth-order valence-corrected chi connectivity index (χ4v) is 3.96. The van der Waals surface area contributed by atoms with E-state index in [2.05, 4.69) is 73.6 Å². The van der Waals surface area contributed by atoms with Gasteiger partial charge >= 0.3 is 0 Å². The molecule has 2 unspecified atom stereocenters. The highest BCUT2D eigenvalue weighted by molar-refractivity contribution is 14.0. The van der Waals surface area contributed by atoms with Crippen molar-refractivity contribution in [2.45, 2.75) is 53.2 Å². The Balaban J connectivity index is 0.00000280. The van der Waals surface area contributed by atoms with Crippen LogP contribution in [0.5, 0.6) is 0 Å². The van der Waals surface area contributed by atoms with E-state index in [1.54, 1.807) is 0 Å². The van der Waals surface area contributed by atoms with E-state index in [1.807, 2.05) is 0 Å². The zero-order valence-electron chi connectivity index (χ0n) is 17.5. The van der Waals surface area contributed by atoms with Crippen molar-refractivity contribution >= 4 is 40.8 Å². The van der Waals surface area contributed by atoms with E-state index in [1.165, 1.54) is 11.8 Å². The summed E-state index contributed by atoms with van der Waals surface area (Å²) < 4.78 is 6.10. The molecule has 1 aliphatic heterocycles. The second kappa shape index (κ2) is 10.5. The first-order valence-electron chi connectivity index (χ1n) is 10.2. The Morgan fingerprint density at radius 3 is 2.75 bits per heavy atom. The van der Waals surface area contributed by atoms with Crippen molar-refractivity contribution in [1.82, 2.24) is 15.6 Å². The molecule has 2 heterocycles. The number of ether oxygens (including phenoxy) is 1. The van der Waals surface area contributed by atoms with Gasteiger partial charge in [0.2, 0.25) is 0 Å². The molecule has 156 valence electrons. The lowest BCUT2D eigenvalue weighted by Gasteiger charge is -2.40. The predicted molar refractivity (Wildman–Crippen MR) is 128 cm³/mol. The third-order valence-corrected chi connectivity index (χ3v) is 5.17. The molecule has 2 atom stereocenters. The van der Waals surface area contributed by atoms with Gasteiger partial charge in [-0.1, -0.05) is 39.0 Å². The van der Waals surface area contributed by atoms with Gasteiger partial charge in [-0.05, 0) is 42.7 Å². The van der Waals surface area contributed by atoms with Crippen LogP contribution in [0.2, 0.25) is 0 Å². The number of fused-ring (bicyclic) bond motifs is 1. The van der Waals surface area contributed by atoms with E-state index >= 15 is 0 Å². The summed E-state index contributed by atoms with van der Waals surface area (Å²) in [5, 5.41) is 8.14. The number of guanidine groups is 1. The first-order chi connectivity index (χ1) is 13.0. The van der Waals surface area contributed by atoms with Gasteiger partial charge in [0.1, 0.15) is 0 Å². The molecule has 1 saturated heterocycles. The van der Waals surface area contributed by atoms with E-state index < -0.39 is 0 Å². The van der Waals surface area contributed by atoms with Crippen molar-refractivity contribution in [3.05, 3.63) is 36.0 Å². The van der Waals surface area contributed by atoms with Gasteiger partial charge in [-0.15, -0.1) is 24.0 Å². The molecule has 6 heteroatoms. The first-order valence-corrected chi connectivity index (χ1v) is 10.2. The number of hydrogen-bond acceptors (Lipinski definition) is 2. The third-order valence-electron chi connectivity index (χ3n) is 5.17. The van der Waals surface area contributed by atoms with E-state index in [4.69, 9.17) is 9.73 Å². The van der Waals surface area contributed by atoms with Crippen molar-refractivity contribution in [2.75, 3.05) is 19.7 Å². The van der Waals surface area contributed by atoms with Crippen LogP contribution >= 0.6 is 24.0 Å². The molecule has 0 bridgehead atoms. The van der Waals surface area contributed by atoms with Crippen LogP contribution in [0.25, 0.3) is 10.9 Å². The van der Waals surface area contributed by atoms with Crippen molar-refractivity contribution in [1.29, 1.82) is 0 Å². The van der Waals surface area contributed by atoms with E-state index in [-0.39, 0.29) is 35.5 Å². The van der Waals surface area contributed by atoms with Crippen LogP contribution in [0.4, 0.5) is 0 Å². The summed E-state index contributed by atoms with van der Waals surface area (Å²) in [6, 6.07) is 10.5. The van der Waals surface area contributed by atoms with E-state index in [0.717, 1.165) is 43.3 Å². The molecule has 1 aliphatic rings. The minimum atomic E-state index is 0. The minimum Gasteiger partial charge on any atom is -0.377 e. The maximum atomic E-state index is 6.10. The fraction of sp³-hybridized carbons (Fsp3) is 0.591. The van der Waals surface area contributed by atoms with E-state index in [9.17, 15) is 0 Å². The van der Waals surface area contributed by atoms with Crippen LogP contribution in [0, 0.1) is 11.3 Å². The maximum Gasteiger partial charge on any atom is 0.191 e. The molecule has 3 rings (SSSR count). The zero-order chi connectivity index (χ0) is 19.3. The Hall–Kier alpha value is -1.28. The highest BCUT2D eigenvalue weighted by Crippen LogP contribution is 2.33. The molecule has 0 aliphatic carbocycles. The normalized spacial score (nSPS) is 20.6. The van der Waals surface area contributed by atoms with Crippen LogP contribution in [0.1, 0.15) is 46.2 Å². The first kappa shape index (κ1) is 23.0. The number of aromatic nitrogens is 1. The highest BCUT2D eigenvalue weighted by Gasteiger charge is 2.35. The van der Waals surface area contributed by atoms with E-state index in [0.29, 0.717) is 12.5 Å². The molecular formula is C22H35IN4O. The number of rotatable bonds is 5. The lowest BCUT2D eigenvalue weighted by atomic mass is 9.78. The fourth-order valence-electron chi connectivity index (χ4n) is 3.96. The minimum absolute atomic E-state index is 0. The Labute approximate surface area is 186 Å². The lowest BCUT2D eigenvalue weighted by molar-refractivity contribution is -0.0835. The molecular weight excluding hydrogens is 463 g/mol. The molecule has 1 aromatic carbocycles. The summed E-state index contributed by atoms with van der Waals surface area (Å²) in [5.41, 5.74) is 2.45. The zero-order valence-corrected chi connectivity index (χ0v) is 19.9. The van der Waals surface area contributed by atoms with Gasteiger partial charge in [0.15, 0.2) is 5.96 Å². The van der Waals surface area contributed by atoms with Gasteiger partial charge < -0.3 is 20.4 Å². The summed E-state index contributed by atoms with van der Waals surface area (Å²) in [6.07, 6.45) is 2.63. The topological polar surface area (TPSA) is 61.4 Å². The molecule has 5 nitrogen and oxygen atoms in total. The Kier molecular flexibility index (Phi) is 8.61. The average Bonchev–Trinajstić information content (AvgIpc) is 3.06. The highest BCUT2D eigenvalue weighted by atomic mass is 127. The average molecular weight is 498 g/mol. The maximum absolute atomic E-state index is 6.10. The van der Waals surface area contributed by atoms with Gasteiger partial charge in [-0.2, -0.15) is 0 Å². The number of H-pyrrole nitrogens is 1. The second-order valence-electron chi connectivity index (χ2n) is 8.52. The summed E-state index contributed by atoms with van der Waals surface area (Å²) in [7, 11) is 0. The van der Waals surface area contributed by atoms with Gasteiger partial charge in [0.05, 0.1) is 12.6 Å². The monoisotopic (exact) mass is 498 g/mol. The van der Waals surface area contributed by atoms with Crippen LogP contribution in [-0.2, 0) is 11.3 Å². The number of hydrogen-bond donors (Lipinski definition) is 3. The molecule has 2 aromatic rings. The number of benzene rings is 1.